The van der Waals surface area contributed by atoms with Gasteiger partial charge in [-0.1, -0.05) is 51.0 Å². The number of fused-ring (bicyclic) bond motifs is 1. The van der Waals surface area contributed by atoms with E-state index in [1.54, 1.807) is 0 Å². The summed E-state index contributed by atoms with van der Waals surface area (Å²) in [6.45, 7) is 11.1. The maximum atomic E-state index is 13.7. The van der Waals surface area contributed by atoms with Gasteiger partial charge in [-0.25, -0.2) is 14.5 Å². The molecule has 0 fully saturated rings. The van der Waals surface area contributed by atoms with Crippen LogP contribution in [0, 0.1) is 6.92 Å². The van der Waals surface area contributed by atoms with Crippen molar-refractivity contribution in [2.75, 3.05) is 18.1 Å². The number of aromatic nitrogens is 4. The molecular formula is C35H48N7O2Si+. The Balaban J connectivity index is 1.51. The van der Waals surface area contributed by atoms with Crippen molar-refractivity contribution in [2.45, 2.75) is 78.9 Å². The van der Waals surface area contributed by atoms with E-state index >= 15 is 0 Å². The smallest absolute Gasteiger partial charge is 0.302 e. The van der Waals surface area contributed by atoms with E-state index < -0.39 is 9.68 Å². The Labute approximate surface area is 269 Å². The van der Waals surface area contributed by atoms with Gasteiger partial charge < -0.3 is 14.4 Å². The summed E-state index contributed by atoms with van der Waals surface area (Å²) in [7, 11) is 1.13. The normalized spacial score (nSPS) is 17.8. The summed E-state index contributed by atoms with van der Waals surface area (Å²) in [4.78, 5) is 36.8. The molecule has 2 amide bonds. The molecule has 3 heterocycles. The number of nitrogens with one attached hydrogen (secondary N) is 1. The second-order valence-electron chi connectivity index (χ2n) is 12.7. The summed E-state index contributed by atoms with van der Waals surface area (Å²) in [5.41, 5.74) is 6.83. The number of carbonyl (C=O) groups excluding carboxylic acids is 2. The fourth-order valence-electron chi connectivity index (χ4n) is 6.37. The topological polar surface area (TPSA) is 85.0 Å². The monoisotopic (exact) mass is 626 g/mol. The lowest BCUT2D eigenvalue weighted by molar-refractivity contribution is -0.897. The van der Waals surface area contributed by atoms with Crippen LogP contribution in [0.15, 0.2) is 61.1 Å². The molecule has 10 heteroatoms. The minimum atomic E-state index is -0.848. The highest BCUT2D eigenvalue weighted by Gasteiger charge is 2.40. The van der Waals surface area contributed by atoms with Crippen molar-refractivity contribution >= 4 is 33.0 Å². The first-order valence-corrected chi connectivity index (χ1v) is 17.8. The van der Waals surface area contributed by atoms with Crippen molar-refractivity contribution in [1.29, 1.82) is 0 Å². The highest BCUT2D eigenvalue weighted by atomic mass is 28.2. The Hall–Kier alpha value is -4.02. The second-order valence-corrected chi connectivity index (χ2v) is 14.1. The minimum absolute atomic E-state index is 0.0161. The summed E-state index contributed by atoms with van der Waals surface area (Å²) in [5, 5.41) is 5.99. The van der Waals surface area contributed by atoms with Crippen LogP contribution >= 0.6 is 0 Å². The van der Waals surface area contributed by atoms with Crippen molar-refractivity contribution in [1.82, 2.24) is 24.2 Å². The van der Waals surface area contributed by atoms with Gasteiger partial charge in [-0.3, -0.25) is 9.28 Å². The van der Waals surface area contributed by atoms with Crippen LogP contribution in [0.1, 0.15) is 79.3 Å². The van der Waals surface area contributed by atoms with Crippen molar-refractivity contribution in [3.8, 4) is 5.69 Å². The summed E-state index contributed by atoms with van der Waals surface area (Å²) in [5.74, 6) is -0.0161. The highest BCUT2D eigenvalue weighted by molar-refractivity contribution is 6.55. The predicted molar refractivity (Wildman–Crippen MR) is 182 cm³/mol. The number of rotatable bonds is 14. The fraction of sp³-hybridized carbons (Fsp3) is 0.429. The largest absolute Gasteiger partial charge is 0.410 e. The Morgan fingerprint density at radius 2 is 1.84 bits per heavy atom. The number of amides is 2. The zero-order chi connectivity index (χ0) is 32.0. The standard InChI is InChI=1S/C35H48N7O2Si/c1-6-8-16-40(17-9-7-2)35(44)32-18-26(3)41(37-32)33-15-14-31(38-45-34-21-39(5)24-36-34)20-30(33)23-42(25-43)22-29-13-11-10-12-28(29)19-27(42)4/h10-15,18,20-21,24-25,27,38H,6-9,16-17,19,22-23,45H2,1-5H3/q+1. The first kappa shape index (κ1) is 32.4. The third-order valence-corrected chi connectivity index (χ3v) is 10.5. The number of hydrogen-bond donors (Lipinski definition) is 1. The fourth-order valence-corrected chi connectivity index (χ4v) is 7.53. The summed E-state index contributed by atoms with van der Waals surface area (Å²) < 4.78 is 4.17. The molecule has 0 saturated heterocycles. The highest BCUT2D eigenvalue weighted by Crippen LogP contribution is 2.33. The summed E-state index contributed by atoms with van der Waals surface area (Å²) in [6.07, 6.45) is 9.90. The van der Waals surface area contributed by atoms with Gasteiger partial charge in [0.15, 0.2) is 15.4 Å². The van der Waals surface area contributed by atoms with Gasteiger partial charge in [-0.2, -0.15) is 5.10 Å². The third-order valence-electron chi connectivity index (χ3n) is 9.15. The lowest BCUT2D eigenvalue weighted by Gasteiger charge is -2.42. The second kappa shape index (κ2) is 14.4. The zero-order valence-electron chi connectivity index (χ0n) is 27.5. The molecule has 2 aromatic heterocycles. The Morgan fingerprint density at radius 3 is 2.51 bits per heavy atom. The average Bonchev–Trinajstić information content (AvgIpc) is 3.65. The Morgan fingerprint density at radius 1 is 1.11 bits per heavy atom. The summed E-state index contributed by atoms with van der Waals surface area (Å²) in [6, 6.07) is 16.8. The number of quaternary nitrogens is 1. The molecule has 0 bridgehead atoms. The molecule has 2 unspecified atom stereocenters. The summed E-state index contributed by atoms with van der Waals surface area (Å²) >= 11 is 0. The third kappa shape index (κ3) is 7.28. The maximum Gasteiger partial charge on any atom is 0.302 e. The molecule has 0 radical (unpaired) electrons. The number of carbonyl (C=O) groups is 2. The van der Waals surface area contributed by atoms with E-state index in [-0.39, 0.29) is 11.9 Å². The maximum absolute atomic E-state index is 13.7. The van der Waals surface area contributed by atoms with E-state index in [2.05, 4.69) is 79.4 Å². The molecule has 1 N–H and O–H groups in total. The number of benzene rings is 2. The van der Waals surface area contributed by atoms with Crippen molar-refractivity contribution in [3.05, 3.63) is 89.1 Å². The van der Waals surface area contributed by atoms with Gasteiger partial charge in [0.1, 0.15) is 13.1 Å². The van der Waals surface area contributed by atoms with E-state index in [9.17, 15) is 9.59 Å². The van der Waals surface area contributed by atoms with Gasteiger partial charge in [-0.05, 0) is 56.5 Å². The molecule has 0 aliphatic carbocycles. The molecule has 238 valence electrons. The number of hydrogen-bond acceptors (Lipinski definition) is 5. The van der Waals surface area contributed by atoms with E-state index in [4.69, 9.17) is 5.10 Å². The van der Waals surface area contributed by atoms with Gasteiger partial charge in [0, 0.05) is 55.3 Å². The molecule has 2 aromatic carbocycles. The van der Waals surface area contributed by atoms with Crippen LogP contribution in [0.5, 0.6) is 0 Å². The van der Waals surface area contributed by atoms with Crippen molar-refractivity contribution < 1.29 is 14.1 Å². The van der Waals surface area contributed by atoms with Crippen LogP contribution in [-0.4, -0.2) is 69.8 Å². The molecule has 0 spiro atoms. The van der Waals surface area contributed by atoms with Gasteiger partial charge >= 0.3 is 6.41 Å². The SMILES string of the molecule is CCCCN(CCCC)C(=O)c1cc(C)n(-c2ccc(N[SiH2]c3cn(C)cn3)cc2C[N+]2(C=O)Cc3ccccc3CC2C)n1. The minimum Gasteiger partial charge on any atom is -0.410 e. The number of imidazole rings is 1. The van der Waals surface area contributed by atoms with Crippen molar-refractivity contribution in [3.63, 3.8) is 0 Å². The molecule has 4 aromatic rings. The molecule has 1 aliphatic rings. The number of unbranched alkanes of at least 4 members (excludes halogenated alkanes) is 2. The van der Waals surface area contributed by atoms with E-state index in [0.29, 0.717) is 23.3 Å². The zero-order valence-corrected chi connectivity index (χ0v) is 28.9. The molecule has 45 heavy (non-hydrogen) atoms. The number of aryl methyl sites for hydroxylation is 2. The molecule has 2 atom stereocenters. The Bertz CT molecular complexity index is 1620. The van der Waals surface area contributed by atoms with Gasteiger partial charge in [0.05, 0.1) is 23.4 Å². The van der Waals surface area contributed by atoms with Gasteiger partial charge in [0.25, 0.3) is 5.91 Å². The van der Waals surface area contributed by atoms with E-state index in [1.165, 1.54) is 11.1 Å². The average molecular weight is 627 g/mol. The van der Waals surface area contributed by atoms with Crippen LogP contribution in [0.4, 0.5) is 5.69 Å². The van der Waals surface area contributed by atoms with Crippen LogP contribution in [-0.2, 0) is 31.4 Å². The molecule has 9 nitrogen and oxygen atoms in total. The van der Waals surface area contributed by atoms with E-state index in [0.717, 1.165) is 79.6 Å². The molecule has 5 rings (SSSR count). The van der Waals surface area contributed by atoms with Gasteiger partial charge in [0.2, 0.25) is 0 Å². The van der Waals surface area contributed by atoms with Gasteiger partial charge in [-0.15, -0.1) is 0 Å². The van der Waals surface area contributed by atoms with Crippen LogP contribution < -0.4 is 10.3 Å². The lowest BCUT2D eigenvalue weighted by Crippen LogP contribution is -2.55. The number of anilines is 1. The lowest BCUT2D eigenvalue weighted by atomic mass is 9.92. The quantitative estimate of drug-likeness (QED) is 0.128. The van der Waals surface area contributed by atoms with Crippen LogP contribution in [0.25, 0.3) is 5.69 Å². The molecule has 1 aliphatic heterocycles. The predicted octanol–water partition coefficient (Wildman–Crippen LogP) is 4.40. The van der Waals surface area contributed by atoms with Crippen molar-refractivity contribution in [2.24, 2.45) is 7.05 Å². The molecular weight excluding hydrogens is 579 g/mol. The first-order chi connectivity index (χ1) is 21.8. The van der Waals surface area contributed by atoms with Crippen LogP contribution in [0.2, 0.25) is 0 Å². The number of nitrogens with zero attached hydrogens (tertiary/aromatic N) is 6. The van der Waals surface area contributed by atoms with E-state index in [1.807, 2.05) is 40.5 Å². The molecule has 0 saturated carbocycles. The first-order valence-electron chi connectivity index (χ1n) is 16.4. The van der Waals surface area contributed by atoms with Crippen LogP contribution in [0.3, 0.4) is 0 Å². The Kier molecular flexibility index (Phi) is 10.3.